The van der Waals surface area contributed by atoms with Crippen molar-refractivity contribution in [3.05, 3.63) is 54.4 Å². The number of hydrogen-bond donors (Lipinski definition) is 2. The molecule has 0 amide bonds. The molecule has 0 aliphatic heterocycles. The summed E-state index contributed by atoms with van der Waals surface area (Å²) in [6.07, 6.45) is 3.66. The van der Waals surface area contributed by atoms with Crippen LogP contribution in [0.2, 0.25) is 0 Å². The van der Waals surface area contributed by atoms with Crippen molar-refractivity contribution in [2.75, 3.05) is 31.7 Å². The van der Waals surface area contributed by atoms with E-state index < -0.39 is 0 Å². The lowest BCUT2D eigenvalue weighted by atomic mass is 10.0. The number of rotatable bonds is 7. The van der Waals surface area contributed by atoms with Crippen LogP contribution in [0.5, 0.6) is 0 Å². The summed E-state index contributed by atoms with van der Waals surface area (Å²) >= 11 is 0. The molecule has 0 saturated carbocycles. The highest BCUT2D eigenvalue weighted by Gasteiger charge is 2.10. The molecule has 0 radical (unpaired) electrons. The van der Waals surface area contributed by atoms with Crippen molar-refractivity contribution in [2.24, 2.45) is 0 Å². The van der Waals surface area contributed by atoms with Gasteiger partial charge in [0, 0.05) is 29.9 Å². The molecule has 5 heteroatoms. The highest BCUT2D eigenvalue weighted by atomic mass is 16.5. The highest BCUT2D eigenvalue weighted by molar-refractivity contribution is 6.01. The first kappa shape index (κ1) is 16.4. The zero-order valence-electron chi connectivity index (χ0n) is 13.7. The van der Waals surface area contributed by atoms with Gasteiger partial charge < -0.3 is 15.2 Å². The average Bonchev–Trinajstić information content (AvgIpc) is 2.62. The Labute approximate surface area is 141 Å². The lowest BCUT2D eigenvalue weighted by Gasteiger charge is -2.12. The molecule has 0 atom stereocenters. The molecule has 1 aromatic carbocycles. The molecule has 0 aliphatic rings. The molecule has 2 heterocycles. The highest BCUT2D eigenvalue weighted by Crippen LogP contribution is 2.31. The fraction of sp³-hybridized carbons (Fsp3) is 0.263. The maximum absolute atomic E-state index is 8.73. The molecule has 0 aliphatic carbocycles. The number of aliphatic hydroxyl groups is 1. The number of aliphatic hydroxyl groups excluding tert-OH is 1. The Kier molecular flexibility index (Phi) is 5.36. The number of benzene rings is 1. The van der Waals surface area contributed by atoms with Gasteiger partial charge in [0.2, 0.25) is 0 Å². The smallest absolute Gasteiger partial charge is 0.133 e. The van der Waals surface area contributed by atoms with E-state index in [1.54, 1.807) is 6.20 Å². The summed E-state index contributed by atoms with van der Waals surface area (Å²) in [6.45, 7) is 3.64. The van der Waals surface area contributed by atoms with Crippen molar-refractivity contribution in [1.29, 1.82) is 0 Å². The third-order valence-corrected chi connectivity index (χ3v) is 3.76. The Morgan fingerprint density at radius 2 is 2.00 bits per heavy atom. The van der Waals surface area contributed by atoms with Crippen LogP contribution in [0.3, 0.4) is 0 Å². The van der Waals surface area contributed by atoms with E-state index in [1.165, 1.54) is 5.56 Å². The van der Waals surface area contributed by atoms with Crippen molar-refractivity contribution in [3.8, 4) is 11.3 Å². The molecule has 2 N–H and O–H groups in total. The van der Waals surface area contributed by atoms with E-state index in [0.717, 1.165) is 27.8 Å². The van der Waals surface area contributed by atoms with Gasteiger partial charge in [-0.05, 0) is 24.4 Å². The minimum absolute atomic E-state index is 0.0409. The second-order valence-electron chi connectivity index (χ2n) is 5.55. The maximum Gasteiger partial charge on any atom is 0.133 e. The van der Waals surface area contributed by atoms with Gasteiger partial charge in [-0.15, -0.1) is 0 Å². The Morgan fingerprint density at radius 1 is 1.08 bits per heavy atom. The van der Waals surface area contributed by atoms with E-state index in [4.69, 9.17) is 9.84 Å². The van der Waals surface area contributed by atoms with Crippen molar-refractivity contribution in [3.63, 3.8) is 0 Å². The zero-order chi connectivity index (χ0) is 16.8. The fourth-order valence-electron chi connectivity index (χ4n) is 2.63. The number of nitrogens with zero attached hydrogens (tertiary/aromatic N) is 2. The van der Waals surface area contributed by atoms with Crippen molar-refractivity contribution in [1.82, 2.24) is 9.97 Å². The third kappa shape index (κ3) is 3.69. The van der Waals surface area contributed by atoms with E-state index in [-0.39, 0.29) is 6.61 Å². The molecule has 0 spiro atoms. The predicted octanol–water partition coefficient (Wildman–Crippen LogP) is 3.03. The second-order valence-corrected chi connectivity index (χ2v) is 5.55. The van der Waals surface area contributed by atoms with E-state index in [1.807, 2.05) is 24.4 Å². The van der Waals surface area contributed by atoms with Crippen molar-refractivity contribution >= 4 is 16.6 Å². The lowest BCUT2D eigenvalue weighted by Crippen LogP contribution is -2.12. The summed E-state index contributed by atoms with van der Waals surface area (Å²) in [4.78, 5) is 9.02. The van der Waals surface area contributed by atoms with Gasteiger partial charge in [-0.1, -0.05) is 29.8 Å². The topological polar surface area (TPSA) is 67.3 Å². The SMILES string of the molecule is Cc1ccc2c(NCCOCCO)ncc(-c3ccccn3)c2c1. The van der Waals surface area contributed by atoms with Crippen LogP contribution in [0.4, 0.5) is 5.82 Å². The van der Waals surface area contributed by atoms with Crippen LogP contribution < -0.4 is 5.32 Å². The average molecular weight is 323 g/mol. The van der Waals surface area contributed by atoms with Crippen LogP contribution >= 0.6 is 0 Å². The minimum atomic E-state index is 0.0409. The first-order valence-corrected chi connectivity index (χ1v) is 8.03. The van der Waals surface area contributed by atoms with Crippen LogP contribution in [-0.4, -0.2) is 41.4 Å². The Balaban J connectivity index is 1.93. The number of ether oxygens (including phenoxy) is 1. The first-order chi connectivity index (χ1) is 11.8. The van der Waals surface area contributed by atoms with E-state index in [0.29, 0.717) is 19.8 Å². The second kappa shape index (κ2) is 7.86. The fourth-order valence-corrected chi connectivity index (χ4v) is 2.63. The van der Waals surface area contributed by atoms with Gasteiger partial charge in [-0.2, -0.15) is 0 Å². The first-order valence-electron chi connectivity index (χ1n) is 8.03. The number of nitrogens with one attached hydrogen (secondary N) is 1. The van der Waals surface area contributed by atoms with Gasteiger partial charge in [0.1, 0.15) is 5.82 Å². The molecule has 0 saturated heterocycles. The van der Waals surface area contributed by atoms with Crippen molar-refractivity contribution in [2.45, 2.75) is 6.92 Å². The van der Waals surface area contributed by atoms with Gasteiger partial charge in [0.15, 0.2) is 0 Å². The summed E-state index contributed by atoms with van der Waals surface area (Å²) in [6, 6.07) is 12.2. The monoisotopic (exact) mass is 323 g/mol. The number of hydrogen-bond acceptors (Lipinski definition) is 5. The molecular formula is C19H21N3O2. The van der Waals surface area contributed by atoms with Gasteiger partial charge in [-0.3, -0.25) is 4.98 Å². The lowest BCUT2D eigenvalue weighted by molar-refractivity contribution is 0.0992. The molecule has 0 fully saturated rings. The van der Waals surface area contributed by atoms with Crippen LogP contribution in [0.15, 0.2) is 48.8 Å². The maximum atomic E-state index is 8.73. The summed E-state index contributed by atoms with van der Waals surface area (Å²) in [5, 5.41) is 14.2. The molecular weight excluding hydrogens is 302 g/mol. The standard InChI is InChI=1S/C19H21N3O2/c1-14-5-6-15-16(12-14)17(18-4-2-3-7-20-18)13-22-19(15)21-8-10-24-11-9-23/h2-7,12-13,23H,8-11H2,1H3,(H,21,22). The largest absolute Gasteiger partial charge is 0.394 e. The Bertz CT molecular complexity index is 806. The molecule has 0 bridgehead atoms. The quantitative estimate of drug-likeness (QED) is 0.654. The molecule has 3 aromatic rings. The van der Waals surface area contributed by atoms with Gasteiger partial charge in [-0.25, -0.2) is 4.98 Å². The minimum Gasteiger partial charge on any atom is -0.394 e. The molecule has 5 nitrogen and oxygen atoms in total. The Morgan fingerprint density at radius 3 is 2.79 bits per heavy atom. The molecule has 24 heavy (non-hydrogen) atoms. The summed E-state index contributed by atoms with van der Waals surface area (Å²) in [5.74, 6) is 0.831. The van der Waals surface area contributed by atoms with E-state index >= 15 is 0 Å². The summed E-state index contributed by atoms with van der Waals surface area (Å²) < 4.78 is 5.28. The third-order valence-electron chi connectivity index (χ3n) is 3.76. The van der Waals surface area contributed by atoms with Crippen LogP contribution in [-0.2, 0) is 4.74 Å². The number of aryl methyl sites for hydroxylation is 1. The number of pyridine rings is 2. The van der Waals surface area contributed by atoms with Crippen LogP contribution in [0.1, 0.15) is 5.56 Å². The Hall–Kier alpha value is -2.50. The zero-order valence-corrected chi connectivity index (χ0v) is 13.7. The van der Waals surface area contributed by atoms with E-state index in [2.05, 4.69) is 40.4 Å². The number of anilines is 1. The summed E-state index contributed by atoms with van der Waals surface area (Å²) in [5.41, 5.74) is 3.14. The van der Waals surface area contributed by atoms with Crippen LogP contribution in [0.25, 0.3) is 22.0 Å². The van der Waals surface area contributed by atoms with Crippen molar-refractivity contribution < 1.29 is 9.84 Å². The number of aromatic nitrogens is 2. The molecule has 124 valence electrons. The molecule has 3 rings (SSSR count). The predicted molar refractivity (Wildman–Crippen MR) is 96.1 cm³/mol. The number of fused-ring (bicyclic) bond motifs is 1. The van der Waals surface area contributed by atoms with E-state index in [9.17, 15) is 0 Å². The molecule has 2 aromatic heterocycles. The van der Waals surface area contributed by atoms with Crippen LogP contribution in [0, 0.1) is 6.92 Å². The molecule has 0 unspecified atom stereocenters. The van der Waals surface area contributed by atoms with Gasteiger partial charge >= 0.3 is 0 Å². The summed E-state index contributed by atoms with van der Waals surface area (Å²) in [7, 11) is 0. The van der Waals surface area contributed by atoms with Gasteiger partial charge in [0.25, 0.3) is 0 Å². The normalized spacial score (nSPS) is 10.9. The van der Waals surface area contributed by atoms with Gasteiger partial charge in [0.05, 0.1) is 25.5 Å².